The Morgan fingerprint density at radius 3 is 2.61 bits per heavy atom. The maximum absolute atomic E-state index is 13.3. The quantitative estimate of drug-likeness (QED) is 0.393. The van der Waals surface area contributed by atoms with E-state index < -0.39 is 11.8 Å². The van der Waals surface area contributed by atoms with Gasteiger partial charge in [0.05, 0.1) is 6.42 Å². The number of benzene rings is 2. The fourth-order valence-corrected chi connectivity index (χ4v) is 3.60. The molecule has 3 rings (SSSR count). The Morgan fingerprint density at radius 2 is 1.94 bits per heavy atom. The molecule has 5 nitrogen and oxygen atoms in total. The third kappa shape index (κ3) is 6.71. The summed E-state index contributed by atoms with van der Waals surface area (Å²) < 4.78 is 31.8. The SMILES string of the molecule is CC/C=C(/CCNC(=O)c1noc(Cc2ccc(C(C)(F)F)cc2)n1)c1cc(Cl)ccc1C. The molecular formula is C25H26ClF2N3O2. The van der Waals surface area contributed by atoms with E-state index in [0.29, 0.717) is 18.0 Å². The molecular weight excluding hydrogens is 448 g/mol. The van der Waals surface area contributed by atoms with Crippen LogP contribution in [0.1, 0.15) is 65.5 Å². The predicted molar refractivity (Wildman–Crippen MR) is 125 cm³/mol. The zero-order chi connectivity index (χ0) is 24.0. The summed E-state index contributed by atoms with van der Waals surface area (Å²) in [5.74, 6) is -3.17. The van der Waals surface area contributed by atoms with Gasteiger partial charge in [0, 0.05) is 24.1 Å². The van der Waals surface area contributed by atoms with E-state index in [2.05, 4.69) is 28.5 Å². The van der Waals surface area contributed by atoms with E-state index in [1.54, 1.807) is 12.1 Å². The van der Waals surface area contributed by atoms with E-state index in [-0.39, 0.29) is 23.7 Å². The van der Waals surface area contributed by atoms with Crippen molar-refractivity contribution in [1.29, 1.82) is 0 Å². The monoisotopic (exact) mass is 473 g/mol. The molecule has 0 atom stereocenters. The number of halogens is 3. The minimum Gasteiger partial charge on any atom is -0.349 e. The first-order valence-corrected chi connectivity index (χ1v) is 11.1. The number of alkyl halides is 2. The minimum absolute atomic E-state index is 0.0679. The molecule has 0 bridgehead atoms. The van der Waals surface area contributed by atoms with Crippen molar-refractivity contribution in [2.75, 3.05) is 6.54 Å². The van der Waals surface area contributed by atoms with Gasteiger partial charge < -0.3 is 9.84 Å². The van der Waals surface area contributed by atoms with Gasteiger partial charge in [-0.2, -0.15) is 4.98 Å². The molecule has 1 aromatic heterocycles. The molecule has 0 aliphatic rings. The van der Waals surface area contributed by atoms with Gasteiger partial charge in [0.25, 0.3) is 17.7 Å². The fraction of sp³-hybridized carbons (Fsp3) is 0.320. The van der Waals surface area contributed by atoms with Gasteiger partial charge in [0.1, 0.15) is 0 Å². The second kappa shape index (κ2) is 10.7. The van der Waals surface area contributed by atoms with Crippen LogP contribution < -0.4 is 5.32 Å². The molecule has 0 aliphatic carbocycles. The van der Waals surface area contributed by atoms with E-state index in [4.69, 9.17) is 16.1 Å². The van der Waals surface area contributed by atoms with E-state index >= 15 is 0 Å². The Bertz CT molecular complexity index is 1140. The van der Waals surface area contributed by atoms with Crippen LogP contribution in [0.2, 0.25) is 5.02 Å². The molecule has 33 heavy (non-hydrogen) atoms. The van der Waals surface area contributed by atoms with Crippen LogP contribution in [0.3, 0.4) is 0 Å². The lowest BCUT2D eigenvalue weighted by Crippen LogP contribution is -2.25. The number of carbonyl (C=O) groups excluding carboxylic acids is 1. The number of amides is 1. The number of nitrogens with one attached hydrogen (secondary N) is 1. The largest absolute Gasteiger partial charge is 0.349 e. The van der Waals surface area contributed by atoms with Crippen LogP contribution in [0.4, 0.5) is 8.78 Å². The van der Waals surface area contributed by atoms with Crippen LogP contribution in [0.5, 0.6) is 0 Å². The van der Waals surface area contributed by atoms with Crippen molar-refractivity contribution >= 4 is 23.1 Å². The molecule has 0 saturated carbocycles. The summed E-state index contributed by atoms with van der Waals surface area (Å²) >= 11 is 6.16. The molecule has 0 unspecified atom stereocenters. The van der Waals surface area contributed by atoms with Crippen LogP contribution >= 0.6 is 11.6 Å². The highest BCUT2D eigenvalue weighted by atomic mass is 35.5. The molecule has 0 fully saturated rings. The number of hydrogen-bond acceptors (Lipinski definition) is 4. The third-order valence-electron chi connectivity index (χ3n) is 5.16. The number of aromatic nitrogens is 2. The highest BCUT2D eigenvalue weighted by Crippen LogP contribution is 2.27. The number of hydrogen-bond donors (Lipinski definition) is 1. The molecule has 0 radical (unpaired) electrons. The number of rotatable bonds is 9. The van der Waals surface area contributed by atoms with Crippen LogP contribution in [0.25, 0.3) is 5.57 Å². The Hall–Kier alpha value is -3.06. The molecule has 0 spiro atoms. The smallest absolute Gasteiger partial charge is 0.292 e. The fourth-order valence-electron chi connectivity index (χ4n) is 3.43. The van der Waals surface area contributed by atoms with Crippen molar-refractivity contribution in [3.63, 3.8) is 0 Å². The zero-order valence-electron chi connectivity index (χ0n) is 18.8. The predicted octanol–water partition coefficient (Wildman–Crippen LogP) is 6.35. The Balaban J connectivity index is 1.58. The first-order valence-electron chi connectivity index (χ1n) is 10.7. The van der Waals surface area contributed by atoms with Crippen LogP contribution in [-0.4, -0.2) is 22.6 Å². The first kappa shape index (κ1) is 24.6. The summed E-state index contributed by atoms with van der Waals surface area (Å²) in [5.41, 5.74) is 3.94. The maximum atomic E-state index is 13.3. The van der Waals surface area contributed by atoms with E-state index in [1.807, 2.05) is 25.1 Å². The second-order valence-electron chi connectivity index (χ2n) is 7.88. The molecule has 0 saturated heterocycles. The molecule has 1 amide bonds. The van der Waals surface area contributed by atoms with Crippen molar-refractivity contribution in [3.8, 4) is 0 Å². The number of nitrogens with zero attached hydrogens (tertiary/aromatic N) is 2. The summed E-state index contributed by atoms with van der Waals surface area (Å²) in [5, 5.41) is 7.21. The maximum Gasteiger partial charge on any atom is 0.292 e. The van der Waals surface area contributed by atoms with Gasteiger partial charge >= 0.3 is 0 Å². The molecule has 1 N–H and O–H groups in total. The van der Waals surface area contributed by atoms with E-state index in [0.717, 1.165) is 35.6 Å². The summed E-state index contributed by atoms with van der Waals surface area (Å²) in [7, 11) is 0. The topological polar surface area (TPSA) is 68.0 Å². The number of allylic oxidation sites excluding steroid dienone is 1. The van der Waals surface area contributed by atoms with Crippen LogP contribution in [0.15, 0.2) is 53.1 Å². The standard InChI is InChI=1S/C25H26ClF2N3O2/c1-4-5-18(21-15-20(26)11-6-16(21)2)12-13-29-24(32)23-30-22(33-31-23)14-17-7-9-19(10-8-17)25(3,27)28/h5-11,15H,4,12-14H2,1-3H3,(H,29,32)/b18-5-. The molecule has 174 valence electrons. The van der Waals surface area contributed by atoms with Gasteiger partial charge in [-0.25, -0.2) is 8.78 Å². The van der Waals surface area contributed by atoms with Crippen molar-refractivity contribution in [1.82, 2.24) is 15.5 Å². The third-order valence-corrected chi connectivity index (χ3v) is 5.40. The minimum atomic E-state index is -2.90. The van der Waals surface area contributed by atoms with E-state index in [9.17, 15) is 13.6 Å². The highest BCUT2D eigenvalue weighted by molar-refractivity contribution is 6.30. The van der Waals surface area contributed by atoms with E-state index in [1.165, 1.54) is 12.1 Å². The average Bonchev–Trinajstić information content (AvgIpc) is 3.23. The van der Waals surface area contributed by atoms with Crippen molar-refractivity contribution in [2.24, 2.45) is 0 Å². The first-order chi connectivity index (χ1) is 15.7. The normalized spacial score (nSPS) is 12.1. The van der Waals surface area contributed by atoms with Gasteiger partial charge in [-0.3, -0.25) is 4.79 Å². The van der Waals surface area contributed by atoms with Gasteiger partial charge in [-0.05, 0) is 54.2 Å². The lowest BCUT2D eigenvalue weighted by atomic mass is 9.97. The Labute approximate surface area is 196 Å². The highest BCUT2D eigenvalue weighted by Gasteiger charge is 2.23. The van der Waals surface area contributed by atoms with Gasteiger partial charge in [-0.1, -0.05) is 60.1 Å². The van der Waals surface area contributed by atoms with Crippen LogP contribution in [0, 0.1) is 6.92 Å². The van der Waals surface area contributed by atoms with Crippen molar-refractivity contribution in [3.05, 3.63) is 87.5 Å². The summed E-state index contributed by atoms with van der Waals surface area (Å²) in [6, 6.07) is 11.6. The van der Waals surface area contributed by atoms with Gasteiger partial charge in [0.2, 0.25) is 5.89 Å². The Morgan fingerprint density at radius 1 is 1.21 bits per heavy atom. The molecule has 1 heterocycles. The van der Waals surface area contributed by atoms with Crippen molar-refractivity contribution in [2.45, 2.75) is 46.0 Å². The van der Waals surface area contributed by atoms with Crippen molar-refractivity contribution < 1.29 is 18.1 Å². The summed E-state index contributed by atoms with van der Waals surface area (Å²) in [6.07, 6.45) is 3.85. The number of aryl methyl sites for hydroxylation is 1. The summed E-state index contributed by atoms with van der Waals surface area (Å²) in [4.78, 5) is 16.6. The average molecular weight is 474 g/mol. The molecule has 0 aliphatic heterocycles. The molecule has 8 heteroatoms. The molecule has 2 aromatic carbocycles. The van der Waals surface area contributed by atoms with Gasteiger partial charge in [-0.15, -0.1) is 0 Å². The van der Waals surface area contributed by atoms with Gasteiger partial charge in [0.15, 0.2) is 0 Å². The lowest BCUT2D eigenvalue weighted by molar-refractivity contribution is 0.0174. The Kier molecular flexibility index (Phi) is 7.97. The zero-order valence-corrected chi connectivity index (χ0v) is 19.5. The molecule has 3 aromatic rings. The lowest BCUT2D eigenvalue weighted by Gasteiger charge is -2.12. The van der Waals surface area contributed by atoms with Crippen LogP contribution in [-0.2, 0) is 12.3 Å². The number of carbonyl (C=O) groups is 1. The second-order valence-corrected chi connectivity index (χ2v) is 8.31. The summed E-state index contributed by atoms with van der Waals surface area (Å²) in [6.45, 7) is 5.33.